The number of para-hydroxylation sites is 2. The molecule has 0 atom stereocenters. The van der Waals surface area contributed by atoms with Crippen LogP contribution in [0.4, 0.5) is 4.39 Å². The Hall–Kier alpha value is -6.62. The predicted octanol–water partition coefficient (Wildman–Crippen LogP) is 15.2. The third-order valence-electron chi connectivity index (χ3n) is 11.1. The molecule has 0 saturated heterocycles. The number of aromatic nitrogens is 2. The highest BCUT2D eigenvalue weighted by Crippen LogP contribution is 2.48. The van der Waals surface area contributed by atoms with Gasteiger partial charge in [0.2, 0.25) is 0 Å². The van der Waals surface area contributed by atoms with Crippen LogP contribution in [0.3, 0.4) is 0 Å². The zero-order valence-electron chi connectivity index (χ0n) is 32.0. The van der Waals surface area contributed by atoms with Crippen molar-refractivity contribution in [1.29, 1.82) is 0 Å². The number of hydrogen-bond acceptors (Lipinski definition) is 2. The van der Waals surface area contributed by atoms with Gasteiger partial charge in [0.25, 0.3) is 0 Å². The Kier molecular flexibility index (Phi) is 8.46. The number of rotatable bonds is 6. The lowest BCUT2D eigenvalue weighted by molar-refractivity contribution is 0.590. The summed E-state index contributed by atoms with van der Waals surface area (Å²) < 4.78 is 19.8. The Morgan fingerprint density at radius 2 is 1.07 bits per heavy atom. The zero-order chi connectivity index (χ0) is 38.7. The van der Waals surface area contributed by atoms with Gasteiger partial charge >= 0.3 is 0 Å². The van der Waals surface area contributed by atoms with E-state index >= 15 is 4.39 Å². The lowest BCUT2D eigenvalue weighted by atomic mass is 9.82. The van der Waals surface area contributed by atoms with E-state index in [0.29, 0.717) is 5.56 Å². The van der Waals surface area contributed by atoms with E-state index in [4.69, 9.17) is 4.98 Å². The second-order valence-electron chi connectivity index (χ2n) is 15.7. The van der Waals surface area contributed by atoms with Gasteiger partial charge in [-0.05, 0) is 81.3 Å². The van der Waals surface area contributed by atoms with Crippen molar-refractivity contribution in [1.82, 2.24) is 9.55 Å². The van der Waals surface area contributed by atoms with Gasteiger partial charge < -0.3 is 0 Å². The normalized spacial score (nSPS) is 11.9. The average Bonchev–Trinajstić information content (AvgIpc) is 3.82. The van der Waals surface area contributed by atoms with Crippen molar-refractivity contribution in [3.8, 4) is 61.6 Å². The highest BCUT2D eigenvalue weighted by molar-refractivity contribution is 7.26. The molecule has 0 unspecified atom stereocenters. The fourth-order valence-corrected chi connectivity index (χ4v) is 9.47. The molecule has 0 radical (unpaired) electrons. The minimum absolute atomic E-state index is 0.0938. The fraction of sp³-hybridized carbons (Fsp3) is 0.0755. The topological polar surface area (TPSA) is 17.8 Å². The molecule has 0 saturated carbocycles. The Morgan fingerprint density at radius 1 is 0.509 bits per heavy atom. The van der Waals surface area contributed by atoms with E-state index in [9.17, 15) is 0 Å². The summed E-state index contributed by atoms with van der Waals surface area (Å²) in [5.41, 5.74) is 13.6. The summed E-state index contributed by atoms with van der Waals surface area (Å²) in [4.78, 5) is 5.52. The van der Waals surface area contributed by atoms with E-state index in [1.807, 2.05) is 12.1 Å². The molecule has 10 aromatic rings. The van der Waals surface area contributed by atoms with E-state index in [-0.39, 0.29) is 11.2 Å². The van der Waals surface area contributed by atoms with Crippen molar-refractivity contribution in [2.45, 2.75) is 26.2 Å². The molecular weight excluding hydrogens is 716 g/mol. The Morgan fingerprint density at radius 3 is 1.70 bits per heavy atom. The van der Waals surface area contributed by atoms with Gasteiger partial charge in [0.05, 0.1) is 16.7 Å². The van der Waals surface area contributed by atoms with E-state index in [2.05, 4.69) is 183 Å². The second kappa shape index (κ2) is 13.8. The van der Waals surface area contributed by atoms with E-state index in [0.717, 1.165) is 81.8 Å². The molecule has 0 N–H and O–H groups in total. The van der Waals surface area contributed by atoms with Crippen molar-refractivity contribution >= 4 is 42.5 Å². The van der Waals surface area contributed by atoms with Gasteiger partial charge in [-0.1, -0.05) is 160 Å². The Bertz CT molecular complexity index is 3040. The molecular formula is C53H39FN2S. The third-order valence-corrected chi connectivity index (χ3v) is 12.2. The summed E-state index contributed by atoms with van der Waals surface area (Å²) in [6, 6.07) is 63.2. The smallest absolute Gasteiger partial charge is 0.147 e. The highest BCUT2D eigenvalue weighted by atomic mass is 32.1. The van der Waals surface area contributed by atoms with E-state index in [1.54, 1.807) is 17.4 Å². The molecule has 0 aliphatic rings. The van der Waals surface area contributed by atoms with Crippen LogP contribution in [-0.4, -0.2) is 9.55 Å². The monoisotopic (exact) mass is 754 g/mol. The molecule has 57 heavy (non-hydrogen) atoms. The second-order valence-corrected chi connectivity index (χ2v) is 16.7. The quantitative estimate of drug-likeness (QED) is 0.165. The van der Waals surface area contributed by atoms with Crippen molar-refractivity contribution in [3.63, 3.8) is 0 Å². The lowest BCUT2D eigenvalue weighted by Crippen LogP contribution is -2.13. The van der Waals surface area contributed by atoms with Crippen LogP contribution in [0.25, 0.3) is 92.8 Å². The van der Waals surface area contributed by atoms with Crippen molar-refractivity contribution in [2.75, 3.05) is 0 Å². The number of hydrogen-bond donors (Lipinski definition) is 0. The van der Waals surface area contributed by atoms with Gasteiger partial charge in [0.1, 0.15) is 11.6 Å². The highest BCUT2D eigenvalue weighted by Gasteiger charge is 2.27. The molecule has 274 valence electrons. The van der Waals surface area contributed by atoms with E-state index in [1.165, 1.54) is 17.0 Å². The number of thiophene rings is 1. The van der Waals surface area contributed by atoms with Gasteiger partial charge in [0.15, 0.2) is 0 Å². The minimum atomic E-state index is -0.224. The van der Waals surface area contributed by atoms with Crippen LogP contribution in [0.15, 0.2) is 182 Å². The molecule has 10 rings (SSSR count). The molecule has 0 amide bonds. The molecule has 8 aromatic carbocycles. The van der Waals surface area contributed by atoms with Gasteiger partial charge in [-0.25, -0.2) is 9.37 Å². The van der Waals surface area contributed by atoms with Crippen LogP contribution >= 0.6 is 11.3 Å². The Balaban J connectivity index is 1.33. The largest absolute Gasteiger partial charge is 0.291 e. The zero-order valence-corrected chi connectivity index (χ0v) is 32.8. The predicted molar refractivity (Wildman–Crippen MR) is 240 cm³/mol. The summed E-state index contributed by atoms with van der Waals surface area (Å²) >= 11 is 1.75. The third kappa shape index (κ3) is 6.05. The van der Waals surface area contributed by atoms with Crippen LogP contribution in [-0.2, 0) is 5.41 Å². The van der Waals surface area contributed by atoms with Crippen LogP contribution in [0, 0.1) is 5.82 Å². The molecule has 0 aliphatic carbocycles. The number of fused-ring (bicyclic) bond motifs is 4. The SMILES string of the molecule is CC(C)(C)c1cc(-c2ccccc2)c(-n2c(-c3ccc(-c4ccccc4)c4c3sc3cc(-c5ccccc5F)ccc34)nc3ccccc32)c(-c2ccccc2)c1. The molecule has 0 fully saturated rings. The fourth-order valence-electron chi connectivity index (χ4n) is 8.19. The summed E-state index contributed by atoms with van der Waals surface area (Å²) in [6.07, 6.45) is 0. The van der Waals surface area contributed by atoms with Crippen LogP contribution < -0.4 is 0 Å². The van der Waals surface area contributed by atoms with Gasteiger partial charge in [0, 0.05) is 42.4 Å². The molecule has 4 heteroatoms. The van der Waals surface area contributed by atoms with Crippen molar-refractivity contribution in [3.05, 3.63) is 193 Å². The number of imidazole rings is 1. The molecule has 2 nitrogen and oxygen atoms in total. The maximum Gasteiger partial charge on any atom is 0.147 e. The summed E-state index contributed by atoms with van der Waals surface area (Å²) in [7, 11) is 0. The van der Waals surface area contributed by atoms with Gasteiger partial charge in [-0.2, -0.15) is 0 Å². The van der Waals surface area contributed by atoms with Crippen molar-refractivity contribution in [2.24, 2.45) is 0 Å². The molecule has 0 aliphatic heterocycles. The summed E-state index contributed by atoms with van der Waals surface area (Å²) in [5, 5.41) is 2.31. The standard InChI is InChI=1S/C53H39FN2S/c1-53(2,3)38-32-43(35-19-9-5-10-20-35)50(44(33-38)36-21-11-6-12-22-36)56-47-26-16-15-25-46(47)55-52(56)42-30-29-40(34-17-7-4-8-18-34)49-41-28-27-37(31-48(41)57-51(42)49)39-23-13-14-24-45(39)54/h4-33H,1-3H3. The van der Waals surface area contributed by atoms with Crippen LogP contribution in [0.1, 0.15) is 26.3 Å². The molecule has 0 spiro atoms. The first-order chi connectivity index (χ1) is 27.8. The summed E-state index contributed by atoms with van der Waals surface area (Å²) in [6.45, 7) is 6.86. The first-order valence-corrected chi connectivity index (χ1v) is 20.2. The van der Waals surface area contributed by atoms with E-state index < -0.39 is 0 Å². The Labute approximate surface area is 336 Å². The number of benzene rings is 8. The maximum absolute atomic E-state index is 15.2. The first-order valence-electron chi connectivity index (χ1n) is 19.4. The average molecular weight is 755 g/mol. The summed E-state index contributed by atoms with van der Waals surface area (Å²) in [5.74, 6) is 0.651. The van der Waals surface area contributed by atoms with Crippen LogP contribution in [0.2, 0.25) is 0 Å². The molecule has 2 heterocycles. The molecule has 2 aromatic heterocycles. The lowest BCUT2D eigenvalue weighted by Gasteiger charge is -2.26. The van der Waals surface area contributed by atoms with Gasteiger partial charge in [-0.15, -0.1) is 11.3 Å². The first kappa shape index (κ1) is 34.8. The molecule has 0 bridgehead atoms. The van der Waals surface area contributed by atoms with Crippen molar-refractivity contribution < 1.29 is 4.39 Å². The van der Waals surface area contributed by atoms with Crippen LogP contribution in [0.5, 0.6) is 0 Å². The minimum Gasteiger partial charge on any atom is -0.291 e. The maximum atomic E-state index is 15.2. The number of halogens is 1. The van der Waals surface area contributed by atoms with Gasteiger partial charge in [-0.3, -0.25) is 4.57 Å². The number of nitrogens with zero attached hydrogens (tertiary/aromatic N) is 2.